The Kier molecular flexibility index (Phi) is 5.28. The van der Waals surface area contributed by atoms with Gasteiger partial charge in [0.1, 0.15) is 0 Å². The third kappa shape index (κ3) is 3.89. The number of aliphatic hydroxyl groups is 1. The van der Waals surface area contributed by atoms with Crippen LogP contribution in [0.3, 0.4) is 0 Å². The summed E-state index contributed by atoms with van der Waals surface area (Å²) in [5.74, 6) is -1.63. The minimum absolute atomic E-state index is 0.266. The molecule has 7 heteroatoms. The van der Waals surface area contributed by atoms with Crippen molar-refractivity contribution in [3.05, 3.63) is 0 Å². The number of carbonyl (C=O) groups is 2. The number of ether oxygens (including phenoxy) is 1. The predicted octanol–water partition coefficient (Wildman–Crippen LogP) is -1.05. The molecule has 1 saturated heterocycles. The summed E-state index contributed by atoms with van der Waals surface area (Å²) >= 11 is 0. The summed E-state index contributed by atoms with van der Waals surface area (Å²) < 4.78 is 5.12. The lowest BCUT2D eigenvalue weighted by molar-refractivity contribution is -0.157. The van der Waals surface area contributed by atoms with Gasteiger partial charge < -0.3 is 25.6 Å². The average Bonchev–Trinajstić information content (AvgIpc) is 2.37. The molecule has 7 nitrogen and oxygen atoms in total. The van der Waals surface area contributed by atoms with Crippen LogP contribution < -0.4 is 10.6 Å². The predicted molar refractivity (Wildman–Crippen MR) is 67.7 cm³/mol. The standard InChI is InChI=1S/C12H22N2O5/c1-11(18,10(16)17)7-14-9(15)12(8-19-2)3-5-13-6-4-12/h13,18H,3-8H2,1-2H3,(H,14,15)(H,16,17). The summed E-state index contributed by atoms with van der Waals surface area (Å²) in [5.41, 5.74) is -2.61. The van der Waals surface area contributed by atoms with Crippen molar-refractivity contribution in [2.75, 3.05) is 33.4 Å². The number of amides is 1. The van der Waals surface area contributed by atoms with Gasteiger partial charge in [0.05, 0.1) is 18.6 Å². The molecule has 1 rings (SSSR count). The van der Waals surface area contributed by atoms with Gasteiger partial charge in [-0.3, -0.25) is 4.79 Å². The van der Waals surface area contributed by atoms with Crippen LogP contribution in [0, 0.1) is 5.41 Å². The first-order valence-corrected chi connectivity index (χ1v) is 6.28. The topological polar surface area (TPSA) is 108 Å². The summed E-state index contributed by atoms with van der Waals surface area (Å²) in [5, 5.41) is 24.1. The molecule has 1 fully saturated rings. The van der Waals surface area contributed by atoms with E-state index in [9.17, 15) is 14.7 Å². The zero-order valence-corrected chi connectivity index (χ0v) is 11.4. The number of aliphatic carboxylic acids is 1. The van der Waals surface area contributed by atoms with Crippen molar-refractivity contribution < 1.29 is 24.5 Å². The van der Waals surface area contributed by atoms with Crippen molar-refractivity contribution in [1.82, 2.24) is 10.6 Å². The Morgan fingerprint density at radius 2 is 2.00 bits per heavy atom. The van der Waals surface area contributed by atoms with Crippen molar-refractivity contribution >= 4 is 11.9 Å². The monoisotopic (exact) mass is 274 g/mol. The first-order chi connectivity index (χ1) is 8.84. The highest BCUT2D eigenvalue weighted by Gasteiger charge is 2.41. The smallest absolute Gasteiger partial charge is 0.337 e. The Hall–Kier alpha value is -1.18. The number of nitrogens with one attached hydrogen (secondary N) is 2. The zero-order chi connectivity index (χ0) is 14.5. The number of carboxylic acid groups (broad SMARTS) is 1. The van der Waals surface area contributed by atoms with Gasteiger partial charge in [0.2, 0.25) is 5.91 Å². The lowest BCUT2D eigenvalue weighted by Crippen LogP contribution is -2.54. The number of carbonyl (C=O) groups excluding carboxylic acids is 1. The second kappa shape index (κ2) is 6.31. The van der Waals surface area contributed by atoms with Crippen molar-refractivity contribution in [3.63, 3.8) is 0 Å². The number of hydrogen-bond donors (Lipinski definition) is 4. The van der Waals surface area contributed by atoms with E-state index >= 15 is 0 Å². The maximum atomic E-state index is 12.3. The van der Waals surface area contributed by atoms with Gasteiger partial charge in [0.15, 0.2) is 5.60 Å². The molecule has 4 N–H and O–H groups in total. The number of hydrogen-bond acceptors (Lipinski definition) is 5. The van der Waals surface area contributed by atoms with Crippen molar-refractivity contribution in [2.45, 2.75) is 25.4 Å². The van der Waals surface area contributed by atoms with Crippen LogP contribution in [-0.2, 0) is 14.3 Å². The molecule has 1 aliphatic rings. The van der Waals surface area contributed by atoms with Gasteiger partial charge in [-0.1, -0.05) is 0 Å². The van der Waals surface area contributed by atoms with Gasteiger partial charge in [-0.15, -0.1) is 0 Å². The molecule has 0 aromatic carbocycles. The second-order valence-corrected chi connectivity index (χ2v) is 5.23. The van der Waals surface area contributed by atoms with E-state index in [0.717, 1.165) is 6.92 Å². The molecule has 0 aromatic heterocycles. The van der Waals surface area contributed by atoms with E-state index in [1.807, 2.05) is 0 Å². The maximum absolute atomic E-state index is 12.3. The molecule has 0 saturated carbocycles. The average molecular weight is 274 g/mol. The van der Waals surface area contributed by atoms with Crippen LogP contribution in [0.2, 0.25) is 0 Å². The fraction of sp³-hybridized carbons (Fsp3) is 0.833. The summed E-state index contributed by atoms with van der Waals surface area (Å²) in [6, 6.07) is 0. The molecule has 1 aliphatic heterocycles. The molecule has 0 aliphatic carbocycles. The molecule has 0 bridgehead atoms. The summed E-state index contributed by atoms with van der Waals surface area (Å²) in [4.78, 5) is 23.0. The molecular weight excluding hydrogens is 252 g/mol. The largest absolute Gasteiger partial charge is 0.479 e. The fourth-order valence-corrected chi connectivity index (χ4v) is 2.13. The van der Waals surface area contributed by atoms with E-state index in [1.165, 1.54) is 7.11 Å². The van der Waals surface area contributed by atoms with Crippen molar-refractivity contribution in [1.29, 1.82) is 0 Å². The van der Waals surface area contributed by atoms with E-state index in [0.29, 0.717) is 25.9 Å². The van der Waals surface area contributed by atoms with Crippen LogP contribution in [0.4, 0.5) is 0 Å². The van der Waals surface area contributed by atoms with E-state index in [-0.39, 0.29) is 19.1 Å². The highest BCUT2D eigenvalue weighted by atomic mass is 16.5. The molecule has 0 spiro atoms. The Morgan fingerprint density at radius 1 is 1.42 bits per heavy atom. The normalized spacial score (nSPS) is 21.4. The van der Waals surface area contributed by atoms with Crippen LogP contribution in [0.1, 0.15) is 19.8 Å². The van der Waals surface area contributed by atoms with E-state index < -0.39 is 17.0 Å². The Balaban J connectivity index is 2.65. The lowest BCUT2D eigenvalue weighted by Gasteiger charge is -2.36. The lowest BCUT2D eigenvalue weighted by atomic mass is 9.78. The molecule has 1 heterocycles. The Morgan fingerprint density at radius 3 is 2.47 bits per heavy atom. The number of piperidine rings is 1. The van der Waals surface area contributed by atoms with Crippen LogP contribution >= 0.6 is 0 Å². The third-order valence-corrected chi connectivity index (χ3v) is 3.52. The van der Waals surface area contributed by atoms with Gasteiger partial charge in [-0.2, -0.15) is 0 Å². The quantitative estimate of drug-likeness (QED) is 0.492. The SMILES string of the molecule is COCC1(C(=O)NCC(C)(O)C(=O)O)CCNCC1. The minimum Gasteiger partial charge on any atom is -0.479 e. The molecule has 1 unspecified atom stereocenters. The van der Waals surface area contributed by atoms with Crippen molar-refractivity contribution in [2.24, 2.45) is 5.41 Å². The molecular formula is C12H22N2O5. The first-order valence-electron chi connectivity index (χ1n) is 6.28. The Labute approximate surface area is 112 Å². The molecule has 19 heavy (non-hydrogen) atoms. The van der Waals surface area contributed by atoms with Gasteiger partial charge in [-0.25, -0.2) is 4.79 Å². The number of carboxylic acids is 1. The fourth-order valence-electron chi connectivity index (χ4n) is 2.13. The second-order valence-electron chi connectivity index (χ2n) is 5.23. The maximum Gasteiger partial charge on any atom is 0.337 e. The van der Waals surface area contributed by atoms with E-state index in [4.69, 9.17) is 9.84 Å². The molecule has 1 amide bonds. The number of rotatable bonds is 6. The Bertz CT molecular complexity index is 332. The molecule has 0 aromatic rings. The summed E-state index contributed by atoms with van der Waals surface area (Å²) in [6.07, 6.45) is 1.25. The summed E-state index contributed by atoms with van der Waals surface area (Å²) in [6.45, 7) is 2.55. The van der Waals surface area contributed by atoms with Gasteiger partial charge in [-0.05, 0) is 32.9 Å². The van der Waals surface area contributed by atoms with Crippen LogP contribution in [0.5, 0.6) is 0 Å². The number of methoxy groups -OCH3 is 1. The van der Waals surface area contributed by atoms with Crippen LogP contribution in [0.25, 0.3) is 0 Å². The van der Waals surface area contributed by atoms with Gasteiger partial charge >= 0.3 is 5.97 Å². The van der Waals surface area contributed by atoms with E-state index in [2.05, 4.69) is 10.6 Å². The summed E-state index contributed by atoms with van der Waals surface area (Å²) in [7, 11) is 1.53. The van der Waals surface area contributed by atoms with Crippen LogP contribution in [-0.4, -0.2) is 61.0 Å². The van der Waals surface area contributed by atoms with Crippen LogP contribution in [0.15, 0.2) is 0 Å². The first kappa shape index (κ1) is 15.9. The zero-order valence-electron chi connectivity index (χ0n) is 11.4. The van der Waals surface area contributed by atoms with Gasteiger partial charge in [0.25, 0.3) is 0 Å². The third-order valence-electron chi connectivity index (χ3n) is 3.52. The highest BCUT2D eigenvalue weighted by molar-refractivity contribution is 5.84. The molecule has 0 radical (unpaired) electrons. The molecule has 110 valence electrons. The highest BCUT2D eigenvalue weighted by Crippen LogP contribution is 2.29. The van der Waals surface area contributed by atoms with Crippen molar-refractivity contribution in [3.8, 4) is 0 Å². The van der Waals surface area contributed by atoms with E-state index in [1.54, 1.807) is 0 Å². The molecule has 1 atom stereocenters. The minimum atomic E-state index is -1.96. The van der Waals surface area contributed by atoms with Gasteiger partial charge in [0, 0.05) is 7.11 Å².